The topological polar surface area (TPSA) is 24.5 Å². The van der Waals surface area contributed by atoms with Crippen molar-refractivity contribution < 1.29 is 9.13 Å². The Kier molecular flexibility index (Phi) is 5.23. The second-order valence-electron chi connectivity index (χ2n) is 4.37. The highest BCUT2D eigenvalue weighted by atomic mass is 35.5. The molecule has 1 N–H and O–H groups in total. The van der Waals surface area contributed by atoms with Crippen LogP contribution in [0.1, 0.15) is 6.42 Å². The largest absolute Gasteiger partial charge is 0.491 e. The molecule has 100 valence electrons. The lowest BCUT2D eigenvalue weighted by Gasteiger charge is -2.19. The molecule has 1 heterocycles. The normalized spacial score (nSPS) is 17.4. The van der Waals surface area contributed by atoms with Gasteiger partial charge < -0.3 is 10.1 Å². The van der Waals surface area contributed by atoms with Crippen LogP contribution in [0, 0.1) is 5.82 Å². The summed E-state index contributed by atoms with van der Waals surface area (Å²) in [5.41, 5.74) is 0. The molecule has 18 heavy (non-hydrogen) atoms. The number of hydrogen-bond acceptors (Lipinski definition) is 3. The molecular weight excluding hydrogens is 255 g/mol. The summed E-state index contributed by atoms with van der Waals surface area (Å²) in [5.74, 6) is 0.206. The maximum absolute atomic E-state index is 12.9. The van der Waals surface area contributed by atoms with E-state index >= 15 is 0 Å². The fourth-order valence-electron chi connectivity index (χ4n) is 2.00. The summed E-state index contributed by atoms with van der Waals surface area (Å²) in [6, 6.07) is 4.20. The van der Waals surface area contributed by atoms with E-state index in [1.165, 1.54) is 12.1 Å². The van der Waals surface area contributed by atoms with Crippen molar-refractivity contribution in [1.29, 1.82) is 0 Å². The Bertz CT molecular complexity index is 381. The number of rotatable bonds is 4. The highest BCUT2D eigenvalue weighted by Gasteiger charge is 2.09. The third kappa shape index (κ3) is 4.12. The van der Waals surface area contributed by atoms with Gasteiger partial charge in [-0.25, -0.2) is 4.39 Å². The van der Waals surface area contributed by atoms with Crippen LogP contribution in [0.4, 0.5) is 4.39 Å². The summed E-state index contributed by atoms with van der Waals surface area (Å²) in [6.07, 6.45) is 1.16. The van der Waals surface area contributed by atoms with Crippen LogP contribution in [0.5, 0.6) is 5.75 Å². The molecule has 0 atom stereocenters. The molecule has 5 heteroatoms. The van der Waals surface area contributed by atoms with Gasteiger partial charge in [0.05, 0.1) is 5.02 Å². The zero-order valence-corrected chi connectivity index (χ0v) is 11.0. The quantitative estimate of drug-likeness (QED) is 0.909. The molecular formula is C13H18ClFN2O. The molecule has 0 saturated carbocycles. The van der Waals surface area contributed by atoms with Crippen LogP contribution in [0.3, 0.4) is 0 Å². The van der Waals surface area contributed by atoms with E-state index in [0.717, 1.165) is 39.1 Å². The Labute approximate surface area is 112 Å². The number of hydrogen-bond donors (Lipinski definition) is 1. The lowest BCUT2D eigenvalue weighted by molar-refractivity contribution is 0.217. The van der Waals surface area contributed by atoms with Crippen molar-refractivity contribution in [3.63, 3.8) is 0 Å². The van der Waals surface area contributed by atoms with Gasteiger partial charge in [0.1, 0.15) is 18.2 Å². The van der Waals surface area contributed by atoms with Gasteiger partial charge in [-0.2, -0.15) is 0 Å². The van der Waals surface area contributed by atoms with E-state index in [4.69, 9.17) is 16.3 Å². The number of ether oxygens (including phenoxy) is 1. The lowest BCUT2D eigenvalue weighted by Crippen LogP contribution is -2.31. The van der Waals surface area contributed by atoms with Crippen LogP contribution in [-0.4, -0.2) is 44.2 Å². The van der Waals surface area contributed by atoms with Crippen LogP contribution < -0.4 is 10.1 Å². The molecule has 0 spiro atoms. The van der Waals surface area contributed by atoms with Crippen LogP contribution >= 0.6 is 11.6 Å². The summed E-state index contributed by atoms with van der Waals surface area (Å²) in [6.45, 7) is 5.69. The Morgan fingerprint density at radius 1 is 1.33 bits per heavy atom. The van der Waals surface area contributed by atoms with E-state index in [9.17, 15) is 4.39 Å². The molecule has 2 rings (SSSR count). The molecule has 0 bridgehead atoms. The van der Waals surface area contributed by atoms with Gasteiger partial charge in [0.2, 0.25) is 0 Å². The van der Waals surface area contributed by atoms with Gasteiger partial charge in [-0.1, -0.05) is 11.6 Å². The molecule has 1 aromatic rings. The monoisotopic (exact) mass is 272 g/mol. The average Bonchev–Trinajstić information content (AvgIpc) is 2.60. The molecule has 0 aromatic heterocycles. The molecule has 0 aliphatic carbocycles. The number of benzene rings is 1. The minimum atomic E-state index is -0.342. The van der Waals surface area contributed by atoms with Gasteiger partial charge >= 0.3 is 0 Å². The molecule has 1 saturated heterocycles. The van der Waals surface area contributed by atoms with Crippen molar-refractivity contribution in [2.75, 3.05) is 39.3 Å². The van der Waals surface area contributed by atoms with Crippen molar-refractivity contribution in [1.82, 2.24) is 10.2 Å². The zero-order valence-electron chi connectivity index (χ0n) is 10.3. The smallest absolute Gasteiger partial charge is 0.138 e. The van der Waals surface area contributed by atoms with Crippen LogP contribution in [-0.2, 0) is 0 Å². The first-order chi connectivity index (χ1) is 8.75. The first-order valence-corrected chi connectivity index (χ1v) is 6.64. The van der Waals surface area contributed by atoms with Gasteiger partial charge in [-0.3, -0.25) is 4.90 Å². The third-order valence-corrected chi connectivity index (χ3v) is 3.29. The van der Waals surface area contributed by atoms with Crippen molar-refractivity contribution in [3.8, 4) is 5.75 Å². The third-order valence-electron chi connectivity index (χ3n) is 2.99. The molecule has 0 unspecified atom stereocenters. The summed E-state index contributed by atoms with van der Waals surface area (Å²) in [4.78, 5) is 2.36. The minimum Gasteiger partial charge on any atom is -0.491 e. The van der Waals surface area contributed by atoms with Crippen molar-refractivity contribution in [3.05, 3.63) is 29.0 Å². The van der Waals surface area contributed by atoms with E-state index in [1.807, 2.05) is 0 Å². The predicted octanol–water partition coefficient (Wildman–Crippen LogP) is 2.15. The van der Waals surface area contributed by atoms with E-state index in [2.05, 4.69) is 10.2 Å². The Morgan fingerprint density at radius 3 is 3.06 bits per heavy atom. The average molecular weight is 273 g/mol. The Morgan fingerprint density at radius 2 is 2.22 bits per heavy atom. The van der Waals surface area contributed by atoms with Crippen molar-refractivity contribution in [2.45, 2.75) is 6.42 Å². The molecule has 1 aliphatic rings. The van der Waals surface area contributed by atoms with Gasteiger partial charge in [0.25, 0.3) is 0 Å². The minimum absolute atomic E-state index is 0.326. The van der Waals surface area contributed by atoms with Crippen LogP contribution in [0.25, 0.3) is 0 Å². The van der Waals surface area contributed by atoms with Gasteiger partial charge in [0.15, 0.2) is 0 Å². The van der Waals surface area contributed by atoms with E-state index < -0.39 is 0 Å². The predicted molar refractivity (Wildman–Crippen MR) is 70.8 cm³/mol. The standard InChI is InChI=1S/C13H18ClFN2O/c14-12-10-11(15)2-3-13(12)18-9-8-17-6-1-4-16-5-7-17/h2-3,10,16H,1,4-9H2. The highest BCUT2D eigenvalue weighted by Crippen LogP contribution is 2.24. The van der Waals surface area contributed by atoms with Crippen molar-refractivity contribution >= 4 is 11.6 Å². The Hall–Kier alpha value is -0.840. The molecule has 0 amide bonds. The second kappa shape index (κ2) is 6.92. The molecule has 1 aliphatic heterocycles. The van der Waals surface area contributed by atoms with E-state index in [1.54, 1.807) is 6.07 Å². The zero-order chi connectivity index (χ0) is 12.8. The first kappa shape index (κ1) is 13.6. The number of halogens is 2. The van der Waals surface area contributed by atoms with E-state index in [0.29, 0.717) is 17.4 Å². The Balaban J connectivity index is 1.77. The molecule has 0 radical (unpaired) electrons. The van der Waals surface area contributed by atoms with Gasteiger partial charge in [-0.05, 0) is 37.7 Å². The first-order valence-electron chi connectivity index (χ1n) is 6.26. The summed E-state index contributed by atoms with van der Waals surface area (Å²) in [7, 11) is 0. The van der Waals surface area contributed by atoms with Crippen molar-refractivity contribution in [2.24, 2.45) is 0 Å². The highest BCUT2D eigenvalue weighted by molar-refractivity contribution is 6.32. The fourth-order valence-corrected chi connectivity index (χ4v) is 2.22. The summed E-state index contributed by atoms with van der Waals surface area (Å²) >= 11 is 5.89. The maximum Gasteiger partial charge on any atom is 0.138 e. The fraction of sp³-hybridized carbons (Fsp3) is 0.538. The van der Waals surface area contributed by atoms with Crippen LogP contribution in [0.2, 0.25) is 5.02 Å². The van der Waals surface area contributed by atoms with Gasteiger partial charge in [0, 0.05) is 19.6 Å². The molecule has 3 nitrogen and oxygen atoms in total. The second-order valence-corrected chi connectivity index (χ2v) is 4.78. The summed E-state index contributed by atoms with van der Waals surface area (Å²) in [5, 5.41) is 3.68. The number of nitrogens with zero attached hydrogens (tertiary/aromatic N) is 1. The number of nitrogens with one attached hydrogen (secondary N) is 1. The molecule has 1 aromatic carbocycles. The summed E-state index contributed by atoms with van der Waals surface area (Å²) < 4.78 is 18.4. The van der Waals surface area contributed by atoms with Crippen LogP contribution in [0.15, 0.2) is 18.2 Å². The van der Waals surface area contributed by atoms with E-state index in [-0.39, 0.29) is 5.82 Å². The SMILES string of the molecule is Fc1ccc(OCCN2CCCNCC2)c(Cl)c1. The maximum atomic E-state index is 12.9. The lowest BCUT2D eigenvalue weighted by atomic mass is 10.3. The van der Waals surface area contributed by atoms with Gasteiger partial charge in [-0.15, -0.1) is 0 Å². The molecule has 1 fully saturated rings.